The second-order valence-electron chi connectivity index (χ2n) is 10.1. The van der Waals surface area contributed by atoms with Crippen LogP contribution < -0.4 is 16.0 Å². The van der Waals surface area contributed by atoms with Crippen molar-refractivity contribution in [1.82, 2.24) is 25.2 Å². The van der Waals surface area contributed by atoms with Crippen LogP contribution >= 0.6 is 0 Å². The molecule has 12 heteroatoms. The molecular weight excluding hydrogens is 511 g/mol. The number of anilines is 1. The lowest BCUT2D eigenvalue weighted by atomic mass is 10.0. The number of halogens is 3. The van der Waals surface area contributed by atoms with Crippen LogP contribution in [0.5, 0.6) is 0 Å². The summed E-state index contributed by atoms with van der Waals surface area (Å²) in [5, 5.41) is 3.74. The fraction of sp³-hybridized carbons (Fsp3) is 0.481. The summed E-state index contributed by atoms with van der Waals surface area (Å²) in [5.74, 6) is -0.637. The number of amides is 1. The number of hydrogen-bond donors (Lipinski definition) is 2. The fourth-order valence-corrected chi connectivity index (χ4v) is 5.28. The fourth-order valence-electron chi connectivity index (χ4n) is 5.28. The minimum atomic E-state index is -4.62. The average molecular weight is 544 g/mol. The second kappa shape index (κ2) is 11.4. The zero-order valence-electron chi connectivity index (χ0n) is 21.7. The van der Waals surface area contributed by atoms with E-state index in [-0.39, 0.29) is 18.5 Å². The number of carbonyl (C=O) groups excluding carboxylic acids is 1. The normalized spacial score (nSPS) is 19.7. The lowest BCUT2D eigenvalue weighted by Gasteiger charge is -2.34. The zero-order chi connectivity index (χ0) is 27.6. The topological polar surface area (TPSA) is 110 Å². The number of nitrogens with two attached hydrogens (primary N) is 1. The number of nitrogens with zero attached hydrogens (tertiary/aromatic N) is 5. The Bertz CT molecular complexity index is 1310. The molecule has 2 saturated heterocycles. The largest absolute Gasteiger partial charge is 0.451 e. The van der Waals surface area contributed by atoms with Crippen LogP contribution in [0.2, 0.25) is 0 Å². The number of morpholine rings is 1. The molecule has 3 N–H and O–H groups in total. The van der Waals surface area contributed by atoms with Crippen molar-refractivity contribution in [1.29, 1.82) is 0 Å². The maximum atomic E-state index is 13.5. The molecule has 2 unspecified atom stereocenters. The van der Waals surface area contributed by atoms with Crippen molar-refractivity contribution >= 4 is 22.6 Å². The molecule has 3 aromatic rings. The Hall–Kier alpha value is -3.35. The van der Waals surface area contributed by atoms with Crippen LogP contribution in [0, 0.1) is 6.92 Å². The van der Waals surface area contributed by atoms with Crippen molar-refractivity contribution in [3.8, 4) is 0 Å². The summed E-state index contributed by atoms with van der Waals surface area (Å²) in [6.07, 6.45) is -0.248. The molecule has 1 amide bonds. The van der Waals surface area contributed by atoms with Gasteiger partial charge in [-0.05, 0) is 43.5 Å². The molecule has 0 aliphatic carbocycles. The van der Waals surface area contributed by atoms with Gasteiger partial charge in [0, 0.05) is 62.1 Å². The first-order valence-corrected chi connectivity index (χ1v) is 13.1. The van der Waals surface area contributed by atoms with Crippen molar-refractivity contribution in [3.05, 3.63) is 59.2 Å². The molecule has 2 aliphatic rings. The number of carbonyl (C=O) groups is 1. The molecule has 208 valence electrons. The Morgan fingerprint density at radius 3 is 2.59 bits per heavy atom. The van der Waals surface area contributed by atoms with Crippen LogP contribution in [-0.2, 0) is 10.9 Å². The van der Waals surface area contributed by atoms with Crippen molar-refractivity contribution < 1.29 is 22.7 Å². The highest BCUT2D eigenvalue weighted by Crippen LogP contribution is 2.28. The van der Waals surface area contributed by atoms with E-state index in [4.69, 9.17) is 15.5 Å². The van der Waals surface area contributed by atoms with Gasteiger partial charge < -0.3 is 20.7 Å². The third-order valence-corrected chi connectivity index (χ3v) is 7.33. The number of pyridine rings is 1. The molecular formula is C27H32F3N7O2. The van der Waals surface area contributed by atoms with Crippen molar-refractivity contribution in [3.63, 3.8) is 0 Å². The number of hydrogen-bond acceptors (Lipinski definition) is 8. The molecule has 0 saturated carbocycles. The van der Waals surface area contributed by atoms with Crippen LogP contribution in [0.25, 0.3) is 10.9 Å². The van der Waals surface area contributed by atoms with E-state index in [0.717, 1.165) is 42.7 Å². The molecule has 0 radical (unpaired) electrons. The Morgan fingerprint density at radius 2 is 1.90 bits per heavy atom. The monoisotopic (exact) mass is 543 g/mol. The van der Waals surface area contributed by atoms with E-state index in [1.807, 2.05) is 31.2 Å². The quantitative estimate of drug-likeness (QED) is 0.488. The number of rotatable bonds is 6. The van der Waals surface area contributed by atoms with Gasteiger partial charge in [0.05, 0.1) is 30.3 Å². The summed E-state index contributed by atoms with van der Waals surface area (Å²) >= 11 is 0. The molecule has 2 atom stereocenters. The summed E-state index contributed by atoms with van der Waals surface area (Å²) < 4.78 is 44.5. The van der Waals surface area contributed by atoms with Gasteiger partial charge >= 0.3 is 6.18 Å². The highest BCUT2D eigenvalue weighted by Gasteiger charge is 2.35. The molecule has 1 aromatic carbocycles. The van der Waals surface area contributed by atoms with E-state index in [1.54, 1.807) is 0 Å². The van der Waals surface area contributed by atoms with Crippen molar-refractivity contribution in [2.75, 3.05) is 50.8 Å². The molecule has 2 fully saturated rings. The van der Waals surface area contributed by atoms with E-state index in [2.05, 4.69) is 25.1 Å². The number of ether oxygens (including phenoxy) is 1. The first-order valence-electron chi connectivity index (χ1n) is 13.1. The van der Waals surface area contributed by atoms with E-state index in [9.17, 15) is 18.0 Å². The Labute approximate surface area is 224 Å². The van der Waals surface area contributed by atoms with Crippen LogP contribution in [0.1, 0.15) is 46.2 Å². The van der Waals surface area contributed by atoms with Gasteiger partial charge in [-0.15, -0.1) is 0 Å². The van der Waals surface area contributed by atoms with Gasteiger partial charge in [0.2, 0.25) is 5.82 Å². The van der Waals surface area contributed by atoms with Crippen LogP contribution in [0.4, 0.5) is 19.0 Å². The Balaban J connectivity index is 1.38. The van der Waals surface area contributed by atoms with E-state index in [0.29, 0.717) is 42.9 Å². The molecule has 4 heterocycles. The van der Waals surface area contributed by atoms with Gasteiger partial charge in [-0.25, -0.2) is 15.0 Å². The van der Waals surface area contributed by atoms with Gasteiger partial charge in [-0.3, -0.25) is 9.69 Å². The minimum Gasteiger partial charge on any atom is -0.379 e. The van der Waals surface area contributed by atoms with Crippen LogP contribution in [0.3, 0.4) is 0 Å². The number of nitrogens with one attached hydrogen (secondary N) is 1. The number of piperidine rings is 1. The summed E-state index contributed by atoms with van der Waals surface area (Å²) in [6.45, 7) is 5.80. The lowest BCUT2D eigenvalue weighted by Crippen LogP contribution is -2.44. The van der Waals surface area contributed by atoms with Crippen molar-refractivity contribution in [2.45, 2.75) is 38.0 Å². The molecule has 5 rings (SSSR count). The highest BCUT2D eigenvalue weighted by molar-refractivity contribution is 6.07. The average Bonchev–Trinajstić information content (AvgIpc) is 2.93. The predicted octanol–water partition coefficient (Wildman–Crippen LogP) is 3.08. The maximum absolute atomic E-state index is 13.5. The number of aryl methyl sites for hydroxylation is 1. The summed E-state index contributed by atoms with van der Waals surface area (Å²) in [5.41, 5.74) is 8.67. The first kappa shape index (κ1) is 27.2. The molecule has 39 heavy (non-hydrogen) atoms. The van der Waals surface area contributed by atoms with Crippen LogP contribution in [0.15, 0.2) is 36.7 Å². The third-order valence-electron chi connectivity index (χ3n) is 7.33. The first-order chi connectivity index (χ1) is 18.7. The standard InChI is InChI=1S/C27H32F3N7O2/c1-17-4-6-21-20(5-7-23(35-21)37-8-2-3-19(31)16-37)24(17)25(38)32-15-22(36-9-11-39-12-10-36)18-13-33-26(34-14-18)27(28,29)30/h4-7,13-14,19,22H,2-3,8-12,15-16,31H2,1H3,(H,32,38). The minimum absolute atomic E-state index is 0.116. The smallest absolute Gasteiger partial charge is 0.379 e. The summed E-state index contributed by atoms with van der Waals surface area (Å²) in [4.78, 5) is 29.6. The highest BCUT2D eigenvalue weighted by atomic mass is 19.4. The lowest BCUT2D eigenvalue weighted by molar-refractivity contribution is -0.145. The summed E-state index contributed by atoms with van der Waals surface area (Å²) in [6, 6.07) is 7.33. The Kier molecular flexibility index (Phi) is 7.96. The van der Waals surface area contributed by atoms with Gasteiger partial charge in [-0.1, -0.05) is 6.07 Å². The number of aromatic nitrogens is 3. The van der Waals surface area contributed by atoms with E-state index in [1.165, 1.54) is 12.4 Å². The zero-order valence-corrected chi connectivity index (χ0v) is 21.7. The van der Waals surface area contributed by atoms with Gasteiger partial charge in [0.1, 0.15) is 5.82 Å². The predicted molar refractivity (Wildman–Crippen MR) is 140 cm³/mol. The SMILES string of the molecule is Cc1ccc2nc(N3CCCC(N)C3)ccc2c1C(=O)NCC(c1cnc(C(F)(F)F)nc1)N1CCOCC1. The molecule has 0 bridgehead atoms. The number of alkyl halides is 3. The van der Waals surface area contributed by atoms with Gasteiger partial charge in [-0.2, -0.15) is 13.2 Å². The third kappa shape index (κ3) is 6.13. The second-order valence-corrected chi connectivity index (χ2v) is 10.1. The molecule has 2 aromatic heterocycles. The molecule has 9 nitrogen and oxygen atoms in total. The Morgan fingerprint density at radius 1 is 1.15 bits per heavy atom. The van der Waals surface area contributed by atoms with E-state index >= 15 is 0 Å². The van der Waals surface area contributed by atoms with Gasteiger partial charge in [0.25, 0.3) is 5.91 Å². The maximum Gasteiger partial charge on any atom is 0.451 e. The van der Waals surface area contributed by atoms with Crippen LogP contribution in [-0.4, -0.2) is 77.7 Å². The molecule has 2 aliphatic heterocycles. The number of fused-ring (bicyclic) bond motifs is 1. The van der Waals surface area contributed by atoms with Crippen molar-refractivity contribution in [2.24, 2.45) is 5.73 Å². The van der Waals surface area contributed by atoms with E-state index < -0.39 is 18.0 Å². The molecule has 0 spiro atoms. The van der Waals surface area contributed by atoms with Gasteiger partial charge in [0.15, 0.2) is 0 Å². The number of benzene rings is 1. The summed E-state index contributed by atoms with van der Waals surface area (Å²) in [7, 11) is 0.